The van der Waals surface area contributed by atoms with Gasteiger partial charge in [-0.05, 0) is 35.4 Å². The largest absolute Gasteiger partial charge is 0.504 e. The maximum absolute atomic E-state index is 11.4. The zero-order valence-corrected chi connectivity index (χ0v) is 17.0. The van der Waals surface area contributed by atoms with Gasteiger partial charge in [0.25, 0.3) is 0 Å². The van der Waals surface area contributed by atoms with Gasteiger partial charge in [0.15, 0.2) is 29.3 Å². The molecule has 2 aliphatic heterocycles. The third-order valence-corrected chi connectivity index (χ3v) is 5.90. The number of phenolic OH excluding ortho intramolecular Hbond substituents is 2. The molecule has 30 heavy (non-hydrogen) atoms. The molecule has 0 saturated carbocycles. The Morgan fingerprint density at radius 1 is 0.800 bits per heavy atom. The molecule has 2 aliphatic rings. The Hall–Kier alpha value is -2.97. The summed E-state index contributed by atoms with van der Waals surface area (Å²) in [7, 11) is 4.40. The fraction of sp³-hybridized carbons (Fsp3) is 0.409. The number of ether oxygens (including phenoxy) is 5. The van der Waals surface area contributed by atoms with E-state index >= 15 is 0 Å². The number of fused-ring (bicyclic) bond motifs is 1. The lowest BCUT2D eigenvalue weighted by atomic mass is 9.84. The van der Waals surface area contributed by atoms with Crippen LogP contribution in [0, 0.1) is 11.8 Å². The number of carbonyl (C=O) groups excluding carboxylic acids is 1. The van der Waals surface area contributed by atoms with Gasteiger partial charge in [-0.15, -0.1) is 0 Å². The van der Waals surface area contributed by atoms with Crippen LogP contribution in [0.3, 0.4) is 0 Å². The van der Waals surface area contributed by atoms with E-state index in [9.17, 15) is 15.0 Å². The van der Waals surface area contributed by atoms with Crippen molar-refractivity contribution in [3.8, 4) is 28.7 Å². The molecule has 4 rings (SSSR count). The summed E-state index contributed by atoms with van der Waals surface area (Å²) in [5, 5.41) is 20.3. The van der Waals surface area contributed by atoms with Crippen molar-refractivity contribution in [2.24, 2.45) is 11.8 Å². The third-order valence-electron chi connectivity index (χ3n) is 5.90. The van der Waals surface area contributed by atoms with Gasteiger partial charge in [-0.3, -0.25) is 4.79 Å². The zero-order valence-electron chi connectivity index (χ0n) is 17.0. The smallest absolute Gasteiger partial charge is 0.200 e. The van der Waals surface area contributed by atoms with E-state index < -0.39 is 0 Å². The van der Waals surface area contributed by atoms with E-state index in [0.29, 0.717) is 31.0 Å². The van der Waals surface area contributed by atoms with Crippen LogP contribution in [0.1, 0.15) is 33.7 Å². The van der Waals surface area contributed by atoms with Crippen LogP contribution in [0.2, 0.25) is 0 Å². The Labute approximate surface area is 173 Å². The van der Waals surface area contributed by atoms with Crippen molar-refractivity contribution in [2.45, 2.75) is 12.2 Å². The van der Waals surface area contributed by atoms with Gasteiger partial charge in [-0.2, -0.15) is 0 Å². The van der Waals surface area contributed by atoms with Gasteiger partial charge < -0.3 is 33.9 Å². The monoisotopic (exact) mass is 416 g/mol. The number of carbonyl (C=O) groups is 1. The Kier molecular flexibility index (Phi) is 5.44. The van der Waals surface area contributed by atoms with E-state index in [0.717, 1.165) is 11.1 Å². The summed E-state index contributed by atoms with van der Waals surface area (Å²) in [5.74, 6) is 0.718. The molecule has 0 amide bonds. The first kappa shape index (κ1) is 20.3. The molecule has 2 fully saturated rings. The van der Waals surface area contributed by atoms with E-state index in [1.165, 1.54) is 21.3 Å². The number of rotatable bonds is 6. The SMILES string of the molecule is COc1cc(C2OCC3C(c4cc(OC)c(O)c(OC)c4)OCC23)cc(C=O)c1O. The molecule has 0 spiro atoms. The summed E-state index contributed by atoms with van der Waals surface area (Å²) in [5.41, 5.74) is 1.74. The summed E-state index contributed by atoms with van der Waals surface area (Å²) in [6, 6.07) is 6.80. The molecule has 2 aromatic rings. The van der Waals surface area contributed by atoms with Crippen LogP contribution in [-0.2, 0) is 9.47 Å². The Morgan fingerprint density at radius 2 is 1.23 bits per heavy atom. The van der Waals surface area contributed by atoms with E-state index in [1.807, 2.05) is 0 Å². The average molecular weight is 416 g/mol. The van der Waals surface area contributed by atoms with E-state index in [-0.39, 0.29) is 46.9 Å². The molecular formula is C22H24O8. The van der Waals surface area contributed by atoms with Crippen LogP contribution in [-0.4, -0.2) is 51.0 Å². The van der Waals surface area contributed by atoms with Crippen molar-refractivity contribution in [3.63, 3.8) is 0 Å². The van der Waals surface area contributed by atoms with E-state index in [4.69, 9.17) is 23.7 Å². The molecule has 0 radical (unpaired) electrons. The number of phenols is 2. The Balaban J connectivity index is 1.64. The molecule has 0 aromatic heterocycles. The highest BCUT2D eigenvalue weighted by atomic mass is 16.5. The van der Waals surface area contributed by atoms with Gasteiger partial charge in [-0.25, -0.2) is 0 Å². The van der Waals surface area contributed by atoms with Gasteiger partial charge in [-0.1, -0.05) is 0 Å². The second kappa shape index (κ2) is 8.04. The van der Waals surface area contributed by atoms with E-state index in [1.54, 1.807) is 24.3 Å². The molecule has 8 nitrogen and oxygen atoms in total. The van der Waals surface area contributed by atoms with Crippen molar-refractivity contribution >= 4 is 6.29 Å². The highest BCUT2D eigenvalue weighted by Crippen LogP contribution is 2.52. The quantitative estimate of drug-likeness (QED) is 0.693. The maximum Gasteiger partial charge on any atom is 0.200 e. The maximum atomic E-state index is 11.4. The molecule has 2 heterocycles. The lowest BCUT2D eigenvalue weighted by molar-refractivity contribution is 0.0190. The molecule has 2 N–H and O–H groups in total. The number of benzene rings is 2. The van der Waals surface area contributed by atoms with Crippen LogP contribution in [0.25, 0.3) is 0 Å². The van der Waals surface area contributed by atoms with Gasteiger partial charge in [0.2, 0.25) is 5.75 Å². The van der Waals surface area contributed by atoms with Crippen molar-refractivity contribution in [2.75, 3.05) is 34.5 Å². The lowest BCUT2D eigenvalue weighted by Crippen LogP contribution is -2.15. The minimum Gasteiger partial charge on any atom is -0.504 e. The van der Waals surface area contributed by atoms with Gasteiger partial charge in [0.1, 0.15) is 0 Å². The number of hydrogen-bond acceptors (Lipinski definition) is 8. The molecule has 4 atom stereocenters. The molecule has 4 unspecified atom stereocenters. The summed E-state index contributed by atoms with van der Waals surface area (Å²) >= 11 is 0. The first-order chi connectivity index (χ1) is 14.5. The molecule has 2 aromatic carbocycles. The fourth-order valence-corrected chi connectivity index (χ4v) is 4.37. The van der Waals surface area contributed by atoms with Crippen molar-refractivity contribution in [1.82, 2.24) is 0 Å². The number of aromatic hydroxyl groups is 2. The Morgan fingerprint density at radius 3 is 1.67 bits per heavy atom. The van der Waals surface area contributed by atoms with Crippen molar-refractivity contribution < 1.29 is 38.7 Å². The highest BCUT2D eigenvalue weighted by molar-refractivity contribution is 5.81. The highest BCUT2D eigenvalue weighted by Gasteiger charge is 2.48. The number of aldehydes is 1. The van der Waals surface area contributed by atoms with Crippen LogP contribution in [0.4, 0.5) is 0 Å². The number of hydrogen-bond donors (Lipinski definition) is 2. The summed E-state index contributed by atoms with van der Waals surface area (Å²) in [6.45, 7) is 0.927. The van der Waals surface area contributed by atoms with Crippen LogP contribution < -0.4 is 14.2 Å². The third kappa shape index (κ3) is 3.22. The molecule has 160 valence electrons. The fourth-order valence-electron chi connectivity index (χ4n) is 4.37. The van der Waals surface area contributed by atoms with Gasteiger partial charge in [0.05, 0.1) is 52.3 Å². The summed E-state index contributed by atoms with van der Waals surface area (Å²) in [4.78, 5) is 11.4. The standard InChI is InChI=1S/C22H24O8/c1-26-16-5-11(4-13(8-23)19(16)24)21-14-9-30-22(15(14)10-29-21)12-6-17(27-2)20(25)18(7-12)28-3/h4-8,14-15,21-22,24-25H,9-10H2,1-3H3. The predicted octanol–water partition coefficient (Wildman–Crippen LogP) is 3.01. The van der Waals surface area contributed by atoms with E-state index in [2.05, 4.69) is 0 Å². The average Bonchev–Trinajstić information content (AvgIpc) is 3.36. The predicted molar refractivity (Wildman–Crippen MR) is 106 cm³/mol. The van der Waals surface area contributed by atoms with Crippen molar-refractivity contribution in [3.05, 3.63) is 41.0 Å². The lowest BCUT2D eigenvalue weighted by Gasteiger charge is -2.19. The molecule has 0 bridgehead atoms. The second-order valence-electron chi connectivity index (χ2n) is 7.39. The first-order valence-corrected chi connectivity index (χ1v) is 9.56. The number of methoxy groups -OCH3 is 3. The van der Waals surface area contributed by atoms with Gasteiger partial charge in [0, 0.05) is 11.8 Å². The van der Waals surface area contributed by atoms with Crippen LogP contribution >= 0.6 is 0 Å². The topological polar surface area (TPSA) is 104 Å². The molecule has 8 heteroatoms. The van der Waals surface area contributed by atoms with Crippen LogP contribution in [0.5, 0.6) is 28.7 Å². The van der Waals surface area contributed by atoms with Crippen LogP contribution in [0.15, 0.2) is 24.3 Å². The van der Waals surface area contributed by atoms with Gasteiger partial charge >= 0.3 is 0 Å². The first-order valence-electron chi connectivity index (χ1n) is 9.56. The summed E-state index contributed by atoms with van der Waals surface area (Å²) < 4.78 is 27.9. The minimum atomic E-state index is -0.297. The van der Waals surface area contributed by atoms with Crippen molar-refractivity contribution in [1.29, 1.82) is 0 Å². The molecule has 0 aliphatic carbocycles. The summed E-state index contributed by atoms with van der Waals surface area (Å²) in [6.07, 6.45) is 0.0403. The Bertz CT molecular complexity index is 931. The second-order valence-corrected chi connectivity index (χ2v) is 7.39. The minimum absolute atomic E-state index is 0.0505. The molecular weight excluding hydrogens is 392 g/mol. The zero-order chi connectivity index (χ0) is 21.4. The molecule has 2 saturated heterocycles. The normalized spacial score (nSPS) is 25.0.